The molecule has 0 saturated carbocycles. The number of fused-ring (bicyclic) bond motifs is 1. The van der Waals surface area contributed by atoms with E-state index < -0.39 is 17.9 Å². The monoisotopic (exact) mass is 483 g/mol. The van der Waals surface area contributed by atoms with Crippen LogP contribution < -0.4 is 19.5 Å². The lowest BCUT2D eigenvalue weighted by Gasteiger charge is -2.26. The first-order chi connectivity index (χ1) is 16.5. The smallest absolute Gasteiger partial charge is 0.326 e. The number of amides is 1. The van der Waals surface area contributed by atoms with E-state index in [2.05, 4.69) is 5.32 Å². The Bertz CT molecular complexity index is 1130. The molecule has 178 valence electrons. The molecule has 2 atom stereocenters. The standard InChI is InChI=1S/C25H25NO7S/c1-34-12-10-20(25(28)29)26-24(27)18-9-8-16(13-19(18)21-7-4-11-30-21)31-14-17-15-32-22-5-2-3-6-23(22)33-17/h2-9,11,13,17,20H,10,12,14-15H2,1H3,(H,26,27)(H,28,29)/t17?,20-/m0/s1. The van der Waals surface area contributed by atoms with Gasteiger partial charge in [0.15, 0.2) is 17.6 Å². The summed E-state index contributed by atoms with van der Waals surface area (Å²) in [6, 6.07) is 14.9. The summed E-state index contributed by atoms with van der Waals surface area (Å²) in [6.07, 6.45) is 3.43. The summed E-state index contributed by atoms with van der Waals surface area (Å²) in [5, 5.41) is 12.1. The van der Waals surface area contributed by atoms with Gasteiger partial charge in [0, 0.05) is 5.56 Å². The molecule has 1 amide bonds. The molecule has 2 heterocycles. The molecular weight excluding hydrogens is 458 g/mol. The second-order valence-corrected chi connectivity index (χ2v) is 8.62. The van der Waals surface area contributed by atoms with Gasteiger partial charge in [0.1, 0.15) is 30.8 Å². The number of nitrogens with one attached hydrogen (secondary N) is 1. The minimum Gasteiger partial charge on any atom is -0.490 e. The molecule has 34 heavy (non-hydrogen) atoms. The number of hydrogen-bond acceptors (Lipinski definition) is 7. The normalized spacial score (nSPS) is 15.4. The third-order valence-corrected chi connectivity index (χ3v) is 5.88. The lowest BCUT2D eigenvalue weighted by atomic mass is 10.0. The van der Waals surface area contributed by atoms with E-state index in [9.17, 15) is 14.7 Å². The highest BCUT2D eigenvalue weighted by atomic mass is 32.2. The van der Waals surface area contributed by atoms with E-state index in [1.165, 1.54) is 18.0 Å². The minimum absolute atomic E-state index is 0.243. The van der Waals surface area contributed by atoms with Gasteiger partial charge in [-0.05, 0) is 60.9 Å². The Morgan fingerprint density at radius 2 is 2.00 bits per heavy atom. The number of benzene rings is 2. The van der Waals surface area contributed by atoms with Crippen LogP contribution >= 0.6 is 11.8 Å². The van der Waals surface area contributed by atoms with Gasteiger partial charge in [-0.3, -0.25) is 4.79 Å². The van der Waals surface area contributed by atoms with Crippen LogP contribution in [0.25, 0.3) is 11.3 Å². The predicted molar refractivity (Wildman–Crippen MR) is 128 cm³/mol. The van der Waals surface area contributed by atoms with Crippen LogP contribution in [-0.4, -0.2) is 54.4 Å². The second-order valence-electron chi connectivity index (χ2n) is 7.64. The van der Waals surface area contributed by atoms with Crippen molar-refractivity contribution in [2.24, 2.45) is 0 Å². The summed E-state index contributed by atoms with van der Waals surface area (Å²) in [6.45, 7) is 0.600. The van der Waals surface area contributed by atoms with Crippen LogP contribution in [-0.2, 0) is 4.79 Å². The molecule has 2 N–H and O–H groups in total. The number of furan rings is 1. The maximum atomic E-state index is 13.0. The fourth-order valence-corrected chi connectivity index (χ4v) is 3.98. The summed E-state index contributed by atoms with van der Waals surface area (Å²) in [4.78, 5) is 24.5. The van der Waals surface area contributed by atoms with Crippen molar-refractivity contribution in [1.29, 1.82) is 0 Å². The van der Waals surface area contributed by atoms with E-state index in [4.69, 9.17) is 18.6 Å². The second kappa shape index (κ2) is 11.0. The van der Waals surface area contributed by atoms with Crippen LogP contribution in [0.1, 0.15) is 16.8 Å². The Balaban J connectivity index is 1.49. The van der Waals surface area contributed by atoms with E-state index in [1.54, 1.807) is 30.3 Å². The molecule has 1 unspecified atom stereocenters. The van der Waals surface area contributed by atoms with Gasteiger partial charge in [0.25, 0.3) is 5.91 Å². The van der Waals surface area contributed by atoms with Gasteiger partial charge < -0.3 is 29.1 Å². The Morgan fingerprint density at radius 1 is 1.18 bits per heavy atom. The number of thioether (sulfide) groups is 1. The molecule has 2 aromatic carbocycles. The number of carbonyl (C=O) groups is 2. The van der Waals surface area contributed by atoms with Crippen molar-refractivity contribution in [2.45, 2.75) is 18.6 Å². The molecule has 0 aliphatic carbocycles. The summed E-state index contributed by atoms with van der Waals surface area (Å²) in [5.41, 5.74) is 0.795. The van der Waals surface area contributed by atoms with Gasteiger partial charge in [0.05, 0.1) is 11.8 Å². The highest BCUT2D eigenvalue weighted by Gasteiger charge is 2.24. The quantitative estimate of drug-likeness (QED) is 0.444. The van der Waals surface area contributed by atoms with Crippen LogP contribution in [0, 0.1) is 0 Å². The number of carboxylic acid groups (broad SMARTS) is 1. The van der Waals surface area contributed by atoms with E-state index in [0.29, 0.717) is 52.9 Å². The first-order valence-electron chi connectivity index (χ1n) is 10.8. The Labute approximate surface area is 201 Å². The summed E-state index contributed by atoms with van der Waals surface area (Å²) < 4.78 is 23.1. The van der Waals surface area contributed by atoms with Gasteiger partial charge in [-0.2, -0.15) is 11.8 Å². The van der Waals surface area contributed by atoms with Crippen LogP contribution in [0.3, 0.4) is 0 Å². The molecule has 1 aliphatic heterocycles. The first-order valence-corrected chi connectivity index (χ1v) is 12.2. The molecule has 0 fully saturated rings. The molecule has 1 aromatic heterocycles. The molecule has 1 aliphatic rings. The molecule has 0 radical (unpaired) electrons. The molecule has 0 saturated heterocycles. The maximum absolute atomic E-state index is 13.0. The molecule has 9 heteroatoms. The van der Waals surface area contributed by atoms with Gasteiger partial charge in [-0.1, -0.05) is 12.1 Å². The van der Waals surface area contributed by atoms with Gasteiger partial charge in [0.2, 0.25) is 0 Å². The molecule has 4 rings (SSSR count). The number of rotatable bonds is 10. The maximum Gasteiger partial charge on any atom is 0.326 e. The zero-order valence-electron chi connectivity index (χ0n) is 18.6. The largest absolute Gasteiger partial charge is 0.490 e. The summed E-state index contributed by atoms with van der Waals surface area (Å²) >= 11 is 1.52. The number of para-hydroxylation sites is 2. The summed E-state index contributed by atoms with van der Waals surface area (Å²) in [5.74, 6) is 1.41. The molecule has 3 aromatic rings. The number of ether oxygens (including phenoxy) is 3. The van der Waals surface area contributed by atoms with E-state index in [-0.39, 0.29) is 12.7 Å². The number of carbonyl (C=O) groups excluding carboxylic acids is 1. The molecular formula is C25H25NO7S. The third kappa shape index (κ3) is 5.66. The van der Waals surface area contributed by atoms with Crippen molar-refractivity contribution in [1.82, 2.24) is 5.32 Å². The van der Waals surface area contributed by atoms with Crippen LogP contribution in [0.4, 0.5) is 0 Å². The van der Waals surface area contributed by atoms with Gasteiger partial charge in [-0.25, -0.2) is 4.79 Å². The van der Waals surface area contributed by atoms with Crippen molar-refractivity contribution in [3.05, 3.63) is 66.4 Å². The van der Waals surface area contributed by atoms with E-state index in [1.807, 2.05) is 30.5 Å². The SMILES string of the molecule is CSCC[C@H](NC(=O)c1ccc(OCC2COc3ccccc3O2)cc1-c1ccco1)C(=O)O. The number of carboxylic acids is 1. The Kier molecular flexibility index (Phi) is 7.64. The molecule has 0 bridgehead atoms. The van der Waals surface area contributed by atoms with Gasteiger partial charge >= 0.3 is 5.97 Å². The average Bonchev–Trinajstić information content (AvgIpc) is 3.39. The van der Waals surface area contributed by atoms with Crippen molar-refractivity contribution < 1.29 is 33.3 Å². The Morgan fingerprint density at radius 3 is 2.74 bits per heavy atom. The molecule has 0 spiro atoms. The van der Waals surface area contributed by atoms with Gasteiger partial charge in [-0.15, -0.1) is 0 Å². The highest BCUT2D eigenvalue weighted by molar-refractivity contribution is 7.98. The zero-order chi connectivity index (χ0) is 23.9. The topological polar surface area (TPSA) is 107 Å². The first kappa shape index (κ1) is 23.6. The van der Waals surface area contributed by atoms with Crippen molar-refractivity contribution in [2.75, 3.05) is 25.2 Å². The fraction of sp³-hybridized carbons (Fsp3) is 0.280. The van der Waals surface area contributed by atoms with E-state index >= 15 is 0 Å². The highest BCUT2D eigenvalue weighted by Crippen LogP contribution is 2.32. The van der Waals surface area contributed by atoms with Crippen molar-refractivity contribution >= 4 is 23.6 Å². The number of aliphatic carboxylic acids is 1. The predicted octanol–water partition coefficient (Wildman–Crippen LogP) is 4.10. The van der Waals surface area contributed by atoms with E-state index in [0.717, 1.165) is 0 Å². The Hall–Kier alpha value is -3.59. The van der Waals surface area contributed by atoms with Crippen LogP contribution in [0.2, 0.25) is 0 Å². The third-order valence-electron chi connectivity index (χ3n) is 5.24. The van der Waals surface area contributed by atoms with Crippen molar-refractivity contribution in [3.63, 3.8) is 0 Å². The lowest BCUT2D eigenvalue weighted by molar-refractivity contribution is -0.139. The minimum atomic E-state index is -1.07. The fourth-order valence-electron chi connectivity index (χ4n) is 3.51. The number of hydrogen-bond donors (Lipinski definition) is 2. The summed E-state index contributed by atoms with van der Waals surface area (Å²) in [7, 11) is 0. The lowest BCUT2D eigenvalue weighted by Crippen LogP contribution is -2.41. The van der Waals surface area contributed by atoms with Crippen LogP contribution in [0.15, 0.2) is 65.3 Å². The molecule has 8 nitrogen and oxygen atoms in total. The average molecular weight is 484 g/mol. The van der Waals surface area contributed by atoms with Crippen LogP contribution in [0.5, 0.6) is 17.2 Å². The zero-order valence-corrected chi connectivity index (χ0v) is 19.4. The van der Waals surface area contributed by atoms with Crippen molar-refractivity contribution in [3.8, 4) is 28.6 Å².